The zero-order valence-electron chi connectivity index (χ0n) is 15.8. The highest BCUT2D eigenvalue weighted by molar-refractivity contribution is 7.89. The number of non-ortho nitro benzene ring substituents is 2. The van der Waals surface area contributed by atoms with Crippen LogP contribution in [-0.4, -0.2) is 19.9 Å². The molecule has 1 fully saturated rings. The molecule has 1 saturated heterocycles. The molecule has 0 saturated carbocycles. The predicted molar refractivity (Wildman–Crippen MR) is 116 cm³/mol. The van der Waals surface area contributed by atoms with Crippen LogP contribution >= 0.6 is 0 Å². The number of para-hydroxylation sites is 1. The van der Waals surface area contributed by atoms with Crippen molar-refractivity contribution in [2.75, 3.05) is 8.61 Å². The van der Waals surface area contributed by atoms with Gasteiger partial charge in [0, 0.05) is 24.3 Å². The minimum absolute atomic E-state index is 0.0109. The van der Waals surface area contributed by atoms with Gasteiger partial charge in [-0.3, -0.25) is 29.9 Å². The topological polar surface area (TPSA) is 134 Å². The van der Waals surface area contributed by atoms with Crippen LogP contribution in [0.4, 0.5) is 22.7 Å². The average molecular weight is 437 g/mol. The molecule has 31 heavy (non-hydrogen) atoms. The van der Waals surface area contributed by atoms with Crippen LogP contribution in [0, 0.1) is 25.6 Å². The lowest BCUT2D eigenvalue weighted by Gasteiger charge is -2.22. The van der Waals surface area contributed by atoms with E-state index in [2.05, 4.69) is 0 Å². The second-order valence-corrected chi connectivity index (χ2v) is 7.82. The smallest absolute Gasteiger partial charge is 0.269 e. The van der Waals surface area contributed by atoms with Gasteiger partial charge in [0.15, 0.2) is 0 Å². The number of benzene rings is 3. The highest BCUT2D eigenvalue weighted by Crippen LogP contribution is 2.40. The number of anilines is 2. The van der Waals surface area contributed by atoms with Crippen molar-refractivity contribution in [1.82, 2.24) is 0 Å². The molecule has 0 radical (unpaired) electrons. The lowest BCUT2D eigenvalue weighted by atomic mass is 10.0. The van der Waals surface area contributed by atoms with Gasteiger partial charge in [-0.2, -0.15) is 0 Å². The molecule has 11 heteroatoms. The fourth-order valence-corrected chi connectivity index (χ4v) is 4.76. The maximum Gasteiger partial charge on any atom is 0.269 e. The van der Waals surface area contributed by atoms with Crippen molar-refractivity contribution in [3.8, 4) is 0 Å². The molecule has 0 spiro atoms. The maximum atomic E-state index is 13.5. The molecule has 0 aliphatic carbocycles. The summed E-state index contributed by atoms with van der Waals surface area (Å²) in [4.78, 5) is 20.9. The summed E-state index contributed by atoms with van der Waals surface area (Å²) in [5, 5.41) is 30.7. The summed E-state index contributed by atoms with van der Waals surface area (Å²) in [7, 11) is 0. The third-order valence-electron chi connectivity index (χ3n) is 4.76. The van der Waals surface area contributed by atoms with Crippen LogP contribution < -0.4 is 8.61 Å². The van der Waals surface area contributed by atoms with E-state index >= 15 is 0 Å². The Hall–Kier alpha value is -4.12. The van der Waals surface area contributed by atoms with Crippen LogP contribution in [0.1, 0.15) is 11.6 Å². The third kappa shape index (κ3) is 3.62. The Morgan fingerprint density at radius 1 is 0.774 bits per heavy atom. The van der Waals surface area contributed by atoms with Crippen LogP contribution in [0.2, 0.25) is 0 Å². The largest absolute Gasteiger partial charge is 0.285 e. The zero-order valence-corrected chi connectivity index (χ0v) is 16.6. The molecule has 3 aromatic rings. The summed E-state index contributed by atoms with van der Waals surface area (Å²) in [6.45, 7) is 0. The van der Waals surface area contributed by atoms with E-state index in [1.807, 2.05) is 0 Å². The summed E-state index contributed by atoms with van der Waals surface area (Å²) in [5.74, 6) is 0.0109. The molecule has 0 amide bonds. The van der Waals surface area contributed by atoms with Gasteiger partial charge < -0.3 is 0 Å². The molecule has 1 aliphatic heterocycles. The summed E-state index contributed by atoms with van der Waals surface area (Å²) < 4.78 is 16.3. The standard InChI is InChI=1S/C20H15N5O5S/c21-20-19(14-6-8-17(9-7-14)24(26)27)22(16-10-12-18(13-11-16)25(28)29)31(30)23(20)15-4-2-1-3-5-15/h1-13,19,21H. The number of hydrogen-bond donors (Lipinski definition) is 1. The molecule has 156 valence electrons. The second-order valence-electron chi connectivity index (χ2n) is 6.60. The van der Waals surface area contributed by atoms with E-state index in [9.17, 15) is 24.4 Å². The molecular weight excluding hydrogens is 422 g/mol. The van der Waals surface area contributed by atoms with Gasteiger partial charge in [0.1, 0.15) is 11.9 Å². The van der Waals surface area contributed by atoms with E-state index in [1.54, 1.807) is 30.3 Å². The molecule has 1 N–H and O–H groups in total. The van der Waals surface area contributed by atoms with E-state index in [0.717, 1.165) is 0 Å². The van der Waals surface area contributed by atoms with Crippen molar-refractivity contribution < 1.29 is 14.1 Å². The first-order chi connectivity index (χ1) is 14.9. The van der Waals surface area contributed by atoms with Gasteiger partial charge in [-0.05, 0) is 42.0 Å². The van der Waals surface area contributed by atoms with Gasteiger partial charge in [-0.25, -0.2) is 8.51 Å². The second kappa shape index (κ2) is 7.95. The van der Waals surface area contributed by atoms with E-state index in [4.69, 9.17) is 5.41 Å². The van der Waals surface area contributed by atoms with Crippen molar-refractivity contribution >= 4 is 39.8 Å². The molecule has 1 heterocycles. The maximum absolute atomic E-state index is 13.5. The monoisotopic (exact) mass is 437 g/mol. The number of amidine groups is 1. The normalized spacial score (nSPS) is 18.3. The van der Waals surface area contributed by atoms with Crippen molar-refractivity contribution in [3.05, 3.63) is 105 Å². The van der Waals surface area contributed by atoms with Crippen molar-refractivity contribution in [3.63, 3.8) is 0 Å². The first-order valence-electron chi connectivity index (χ1n) is 9.02. The highest BCUT2D eigenvalue weighted by Gasteiger charge is 2.44. The third-order valence-corrected chi connectivity index (χ3v) is 6.24. The van der Waals surface area contributed by atoms with E-state index in [1.165, 1.54) is 57.1 Å². The van der Waals surface area contributed by atoms with Crippen LogP contribution in [0.15, 0.2) is 78.9 Å². The van der Waals surface area contributed by atoms with Gasteiger partial charge in [-0.15, -0.1) is 0 Å². The minimum Gasteiger partial charge on any atom is -0.285 e. The lowest BCUT2D eigenvalue weighted by molar-refractivity contribution is -0.385. The Kier molecular flexibility index (Phi) is 5.17. The Balaban J connectivity index is 1.81. The number of nitro groups is 2. The zero-order chi connectivity index (χ0) is 22.1. The Labute approximate surface area is 178 Å². The summed E-state index contributed by atoms with van der Waals surface area (Å²) in [5.41, 5.74) is 1.27. The lowest BCUT2D eigenvalue weighted by Crippen LogP contribution is -2.27. The molecule has 1 aliphatic rings. The molecule has 4 rings (SSSR count). The van der Waals surface area contributed by atoms with Crippen molar-refractivity contribution in [2.45, 2.75) is 6.04 Å². The summed E-state index contributed by atoms with van der Waals surface area (Å²) in [6.07, 6.45) is 0. The number of nitrogens with zero attached hydrogens (tertiary/aromatic N) is 4. The fraction of sp³-hybridized carbons (Fsp3) is 0.0500. The first-order valence-corrected chi connectivity index (χ1v) is 10.1. The number of nitro benzene ring substituents is 2. The molecule has 10 nitrogen and oxygen atoms in total. The van der Waals surface area contributed by atoms with Crippen LogP contribution in [0.25, 0.3) is 0 Å². The van der Waals surface area contributed by atoms with Crippen LogP contribution in [-0.2, 0) is 11.2 Å². The first kappa shape index (κ1) is 20.2. The van der Waals surface area contributed by atoms with Gasteiger partial charge >= 0.3 is 0 Å². The van der Waals surface area contributed by atoms with Crippen LogP contribution in [0.5, 0.6) is 0 Å². The fourth-order valence-electron chi connectivity index (χ4n) is 3.31. The van der Waals surface area contributed by atoms with Gasteiger partial charge in [0.2, 0.25) is 11.2 Å². The highest BCUT2D eigenvalue weighted by atomic mass is 32.2. The molecule has 2 unspecified atom stereocenters. The number of rotatable bonds is 5. The molecule has 3 aromatic carbocycles. The Morgan fingerprint density at radius 2 is 1.29 bits per heavy atom. The van der Waals surface area contributed by atoms with Gasteiger partial charge in [-0.1, -0.05) is 18.2 Å². The molecular formula is C20H15N5O5S. The van der Waals surface area contributed by atoms with E-state index < -0.39 is 27.1 Å². The predicted octanol–water partition coefficient (Wildman–Crippen LogP) is 4.13. The average Bonchev–Trinajstić information content (AvgIpc) is 3.04. The van der Waals surface area contributed by atoms with E-state index in [-0.39, 0.29) is 17.2 Å². The minimum atomic E-state index is -1.85. The number of hydrogen-bond acceptors (Lipinski definition) is 6. The van der Waals surface area contributed by atoms with E-state index in [0.29, 0.717) is 16.9 Å². The summed E-state index contributed by atoms with van der Waals surface area (Å²) in [6, 6.07) is 19.2. The van der Waals surface area contributed by atoms with Crippen molar-refractivity contribution in [1.29, 1.82) is 5.41 Å². The Bertz CT molecular complexity index is 1110. The summed E-state index contributed by atoms with van der Waals surface area (Å²) >= 11 is -1.85. The van der Waals surface area contributed by atoms with Gasteiger partial charge in [0.25, 0.3) is 11.4 Å². The quantitative estimate of drug-likeness (QED) is 0.473. The van der Waals surface area contributed by atoms with Gasteiger partial charge in [0.05, 0.1) is 21.2 Å². The molecule has 0 aromatic heterocycles. The molecule has 0 bridgehead atoms. The SMILES string of the molecule is N=C1C(c2ccc([N+](=O)[O-])cc2)N(c2ccc([N+](=O)[O-])cc2)S(=O)N1c1ccccc1. The van der Waals surface area contributed by atoms with Crippen LogP contribution in [0.3, 0.4) is 0 Å². The molecule has 2 atom stereocenters. The van der Waals surface area contributed by atoms with Crippen molar-refractivity contribution in [2.24, 2.45) is 0 Å². The number of nitrogens with one attached hydrogen (secondary N) is 1. The Morgan fingerprint density at radius 3 is 1.81 bits per heavy atom.